The number of fused-ring (bicyclic) bond motifs is 1. The number of rotatable bonds is 8. The molecule has 7 nitrogen and oxygen atoms in total. The molecule has 0 aromatic heterocycles. The summed E-state index contributed by atoms with van der Waals surface area (Å²) in [6.07, 6.45) is 0. The number of benzene rings is 3. The van der Waals surface area contributed by atoms with E-state index in [2.05, 4.69) is 5.32 Å². The zero-order valence-corrected chi connectivity index (χ0v) is 19.5. The minimum Gasteiger partial charge on any atom is -0.485 e. The molecule has 0 aliphatic carbocycles. The zero-order valence-electron chi connectivity index (χ0n) is 18.8. The van der Waals surface area contributed by atoms with E-state index in [1.165, 1.54) is 23.1 Å². The normalized spacial score (nSPS) is 13.5. The number of hydrogen-bond acceptors (Lipinski definition) is 5. The summed E-state index contributed by atoms with van der Waals surface area (Å²) >= 11 is 5.94. The van der Waals surface area contributed by atoms with Crippen LogP contribution < -0.4 is 19.7 Å². The van der Waals surface area contributed by atoms with Gasteiger partial charge in [-0.05, 0) is 61.0 Å². The van der Waals surface area contributed by atoms with E-state index in [0.717, 1.165) is 0 Å². The van der Waals surface area contributed by atoms with Gasteiger partial charge in [-0.15, -0.1) is 0 Å². The van der Waals surface area contributed by atoms with Crippen molar-refractivity contribution in [3.05, 3.63) is 88.7 Å². The van der Waals surface area contributed by atoms with Crippen LogP contribution in [0.5, 0.6) is 11.5 Å². The van der Waals surface area contributed by atoms with Crippen molar-refractivity contribution < 1.29 is 28.2 Å². The van der Waals surface area contributed by atoms with E-state index in [1.54, 1.807) is 55.5 Å². The van der Waals surface area contributed by atoms with Gasteiger partial charge in [0.05, 0.1) is 5.69 Å². The van der Waals surface area contributed by atoms with Crippen LogP contribution in [0.1, 0.15) is 22.8 Å². The van der Waals surface area contributed by atoms with Crippen LogP contribution in [0.4, 0.5) is 10.1 Å². The lowest BCUT2D eigenvalue weighted by Crippen LogP contribution is -2.51. The average Bonchev–Trinajstić information content (AvgIpc) is 2.86. The number of anilines is 1. The first kappa shape index (κ1) is 24.2. The molecule has 1 aliphatic heterocycles. The van der Waals surface area contributed by atoms with Gasteiger partial charge in [-0.3, -0.25) is 19.3 Å². The van der Waals surface area contributed by atoms with Crippen LogP contribution in [0.25, 0.3) is 0 Å². The Bertz CT molecular complexity index is 1260. The molecule has 3 aromatic carbocycles. The van der Waals surface area contributed by atoms with Crippen LogP contribution in [-0.2, 0) is 16.1 Å². The third-order valence-electron chi connectivity index (χ3n) is 5.47. The first-order chi connectivity index (χ1) is 16.8. The van der Waals surface area contributed by atoms with Gasteiger partial charge in [-0.25, -0.2) is 4.39 Å². The standard InChI is InChI=1S/C26H22ClFN2O5/c1-16(26(33)29-13-17-5-8-20(28)9-6-17)30-22-11-18(7-10-24(22)35-15-25(30)32)23(31)14-34-21-4-2-3-19(27)12-21/h2-12,16H,13-15H2,1H3,(H,29,33). The molecule has 180 valence electrons. The van der Waals surface area contributed by atoms with Gasteiger partial charge in [0.1, 0.15) is 23.4 Å². The third-order valence-corrected chi connectivity index (χ3v) is 5.71. The van der Waals surface area contributed by atoms with Gasteiger partial charge in [-0.1, -0.05) is 29.8 Å². The minimum atomic E-state index is -0.876. The lowest BCUT2D eigenvalue weighted by molar-refractivity contribution is -0.127. The quantitative estimate of drug-likeness (QED) is 0.473. The molecule has 4 rings (SSSR count). The monoisotopic (exact) mass is 496 g/mol. The van der Waals surface area contributed by atoms with Gasteiger partial charge in [0, 0.05) is 17.1 Å². The van der Waals surface area contributed by atoms with Crippen molar-refractivity contribution >= 4 is 34.9 Å². The number of ether oxygens (including phenoxy) is 2. The van der Waals surface area contributed by atoms with E-state index in [0.29, 0.717) is 33.3 Å². The highest BCUT2D eigenvalue weighted by molar-refractivity contribution is 6.30. The van der Waals surface area contributed by atoms with Crippen molar-refractivity contribution in [2.75, 3.05) is 18.1 Å². The summed E-state index contributed by atoms with van der Waals surface area (Å²) in [6.45, 7) is 1.30. The summed E-state index contributed by atoms with van der Waals surface area (Å²) < 4.78 is 24.1. The lowest BCUT2D eigenvalue weighted by atomic mass is 10.1. The molecule has 3 aromatic rings. The molecule has 0 fully saturated rings. The highest BCUT2D eigenvalue weighted by Gasteiger charge is 2.33. The molecule has 1 unspecified atom stereocenters. The van der Waals surface area contributed by atoms with Crippen molar-refractivity contribution in [2.45, 2.75) is 19.5 Å². The van der Waals surface area contributed by atoms with Crippen molar-refractivity contribution in [1.29, 1.82) is 0 Å². The molecule has 35 heavy (non-hydrogen) atoms. The van der Waals surface area contributed by atoms with E-state index in [4.69, 9.17) is 21.1 Å². The second-order valence-corrected chi connectivity index (χ2v) is 8.36. The van der Waals surface area contributed by atoms with E-state index < -0.39 is 17.9 Å². The van der Waals surface area contributed by atoms with Gasteiger partial charge >= 0.3 is 0 Å². The number of carbonyl (C=O) groups is 3. The molecule has 0 bridgehead atoms. The first-order valence-corrected chi connectivity index (χ1v) is 11.2. The van der Waals surface area contributed by atoms with Crippen molar-refractivity contribution in [1.82, 2.24) is 5.32 Å². The van der Waals surface area contributed by atoms with E-state index in [9.17, 15) is 18.8 Å². The summed E-state index contributed by atoms with van der Waals surface area (Å²) in [6, 6.07) is 16.3. The van der Waals surface area contributed by atoms with Crippen molar-refractivity contribution in [3.63, 3.8) is 0 Å². The van der Waals surface area contributed by atoms with Gasteiger partial charge in [0.25, 0.3) is 5.91 Å². The van der Waals surface area contributed by atoms with Crippen LogP contribution in [-0.4, -0.2) is 36.9 Å². The summed E-state index contributed by atoms with van der Waals surface area (Å²) in [5.41, 5.74) is 1.33. The maximum absolute atomic E-state index is 13.1. The van der Waals surface area contributed by atoms with Gasteiger partial charge in [0.15, 0.2) is 19.0 Å². The van der Waals surface area contributed by atoms with Crippen LogP contribution >= 0.6 is 11.6 Å². The summed E-state index contributed by atoms with van der Waals surface area (Å²) in [5.74, 6) is -0.671. The Hall–Kier alpha value is -3.91. The first-order valence-electron chi connectivity index (χ1n) is 10.8. The minimum absolute atomic E-state index is 0.175. The Balaban J connectivity index is 1.48. The number of Topliss-reactive ketones (excluding diaryl/α,β-unsaturated/α-hetero) is 1. The van der Waals surface area contributed by atoms with E-state index >= 15 is 0 Å². The lowest BCUT2D eigenvalue weighted by Gasteiger charge is -2.33. The molecule has 1 aliphatic rings. The summed E-state index contributed by atoms with van der Waals surface area (Å²) in [4.78, 5) is 39.6. The van der Waals surface area contributed by atoms with Crippen LogP contribution in [0, 0.1) is 5.82 Å². The fourth-order valence-corrected chi connectivity index (χ4v) is 3.79. The largest absolute Gasteiger partial charge is 0.485 e. The molecule has 0 spiro atoms. The number of amides is 2. The topological polar surface area (TPSA) is 84.9 Å². The van der Waals surface area contributed by atoms with E-state index in [1.807, 2.05) is 0 Å². The Morgan fingerprint density at radius 3 is 2.66 bits per heavy atom. The molecular formula is C26H22ClFN2O5. The second-order valence-electron chi connectivity index (χ2n) is 7.92. The predicted octanol–water partition coefficient (Wildman–Crippen LogP) is 4.17. The summed E-state index contributed by atoms with van der Waals surface area (Å²) in [5, 5.41) is 3.24. The zero-order chi connectivity index (χ0) is 24.9. The Kier molecular flexibility index (Phi) is 7.31. The number of hydrogen-bond donors (Lipinski definition) is 1. The fourth-order valence-electron chi connectivity index (χ4n) is 3.61. The highest BCUT2D eigenvalue weighted by Crippen LogP contribution is 2.34. The molecule has 0 saturated heterocycles. The van der Waals surface area contributed by atoms with Gasteiger partial charge in [0.2, 0.25) is 5.91 Å². The van der Waals surface area contributed by atoms with Crippen LogP contribution in [0.2, 0.25) is 5.02 Å². The second kappa shape index (κ2) is 10.6. The van der Waals surface area contributed by atoms with E-state index in [-0.39, 0.29) is 31.4 Å². The van der Waals surface area contributed by atoms with Crippen LogP contribution in [0.3, 0.4) is 0 Å². The predicted molar refractivity (Wildman–Crippen MR) is 128 cm³/mol. The van der Waals surface area contributed by atoms with Crippen LogP contribution in [0.15, 0.2) is 66.7 Å². The fraction of sp³-hybridized carbons (Fsp3) is 0.192. The maximum atomic E-state index is 13.1. The molecule has 0 radical (unpaired) electrons. The van der Waals surface area contributed by atoms with Gasteiger partial charge in [-0.2, -0.15) is 0 Å². The number of ketones is 1. The Labute approximate surface area is 206 Å². The van der Waals surface area contributed by atoms with Crippen molar-refractivity contribution in [3.8, 4) is 11.5 Å². The number of nitrogens with one attached hydrogen (secondary N) is 1. The molecule has 1 N–H and O–H groups in total. The average molecular weight is 497 g/mol. The molecule has 1 atom stereocenters. The Morgan fingerprint density at radius 2 is 1.91 bits per heavy atom. The summed E-state index contributed by atoms with van der Waals surface area (Å²) in [7, 11) is 0. The van der Waals surface area contributed by atoms with Gasteiger partial charge < -0.3 is 14.8 Å². The molecule has 1 heterocycles. The Morgan fingerprint density at radius 1 is 1.14 bits per heavy atom. The third kappa shape index (κ3) is 5.78. The molecule has 2 amide bonds. The molecule has 0 saturated carbocycles. The maximum Gasteiger partial charge on any atom is 0.265 e. The number of halogens is 2. The highest BCUT2D eigenvalue weighted by atomic mass is 35.5. The number of carbonyl (C=O) groups excluding carboxylic acids is 3. The van der Waals surface area contributed by atoms with Crippen molar-refractivity contribution in [2.24, 2.45) is 0 Å². The smallest absolute Gasteiger partial charge is 0.265 e. The SMILES string of the molecule is CC(C(=O)NCc1ccc(F)cc1)N1C(=O)COc2ccc(C(=O)COc3cccc(Cl)c3)cc21. The molecule has 9 heteroatoms. The molecular weight excluding hydrogens is 475 g/mol. The number of nitrogens with zero attached hydrogens (tertiary/aromatic N) is 1.